The second kappa shape index (κ2) is 3.76. The third-order valence-corrected chi connectivity index (χ3v) is 1.45. The summed E-state index contributed by atoms with van der Waals surface area (Å²) in [6, 6.07) is 3.55. The van der Waals surface area contributed by atoms with Gasteiger partial charge in [0.15, 0.2) is 0 Å². The first-order chi connectivity index (χ1) is 5.74. The Kier molecular flexibility index (Phi) is 2.69. The van der Waals surface area contributed by atoms with E-state index < -0.39 is 0 Å². The molecule has 1 rings (SSSR count). The zero-order chi connectivity index (χ0) is 8.97. The Hall–Kier alpha value is -1.51. The van der Waals surface area contributed by atoms with Gasteiger partial charge in [-0.3, -0.25) is 0 Å². The SMILES string of the molecule is COC(=O)/C=C(\C)c1ccco1. The van der Waals surface area contributed by atoms with E-state index in [1.54, 1.807) is 25.3 Å². The van der Waals surface area contributed by atoms with Crippen LogP contribution in [-0.2, 0) is 9.53 Å². The quantitative estimate of drug-likeness (QED) is 0.497. The number of ether oxygens (including phenoxy) is 1. The van der Waals surface area contributed by atoms with Gasteiger partial charge in [-0.05, 0) is 24.6 Å². The zero-order valence-corrected chi connectivity index (χ0v) is 7.03. The van der Waals surface area contributed by atoms with E-state index in [2.05, 4.69) is 4.74 Å². The molecule has 0 saturated carbocycles. The lowest BCUT2D eigenvalue weighted by Gasteiger charge is -1.94. The Morgan fingerprint density at radius 2 is 2.42 bits per heavy atom. The molecule has 0 atom stereocenters. The topological polar surface area (TPSA) is 39.4 Å². The van der Waals surface area contributed by atoms with Crippen molar-refractivity contribution in [1.82, 2.24) is 0 Å². The third kappa shape index (κ3) is 1.99. The van der Waals surface area contributed by atoms with Crippen molar-refractivity contribution in [2.45, 2.75) is 6.92 Å². The highest BCUT2D eigenvalue weighted by molar-refractivity contribution is 5.89. The summed E-state index contributed by atoms with van der Waals surface area (Å²) in [5.74, 6) is 0.310. The Bertz CT molecular complexity index is 283. The molecule has 0 radical (unpaired) electrons. The standard InChI is InChI=1S/C9H10O3/c1-7(6-9(10)11-2)8-4-3-5-12-8/h3-6H,1-2H3/b7-6+. The summed E-state index contributed by atoms with van der Waals surface area (Å²) in [7, 11) is 1.34. The van der Waals surface area contributed by atoms with Gasteiger partial charge in [-0.1, -0.05) is 0 Å². The Labute approximate surface area is 70.6 Å². The largest absolute Gasteiger partial charge is 0.466 e. The number of furan rings is 1. The van der Waals surface area contributed by atoms with Gasteiger partial charge >= 0.3 is 5.97 Å². The molecular formula is C9H10O3. The minimum Gasteiger partial charge on any atom is -0.466 e. The normalized spacial score (nSPS) is 11.3. The summed E-state index contributed by atoms with van der Waals surface area (Å²) in [4.78, 5) is 10.8. The van der Waals surface area contributed by atoms with Gasteiger partial charge < -0.3 is 9.15 Å². The number of methoxy groups -OCH3 is 1. The molecule has 1 heterocycles. The van der Waals surface area contributed by atoms with Crippen LogP contribution in [-0.4, -0.2) is 13.1 Å². The molecule has 0 unspecified atom stereocenters. The first-order valence-corrected chi connectivity index (χ1v) is 3.54. The summed E-state index contributed by atoms with van der Waals surface area (Å²) in [6.07, 6.45) is 2.95. The lowest BCUT2D eigenvalue weighted by Crippen LogP contribution is -1.95. The smallest absolute Gasteiger partial charge is 0.330 e. The number of hydrogen-bond donors (Lipinski definition) is 0. The van der Waals surface area contributed by atoms with Crippen molar-refractivity contribution in [2.75, 3.05) is 7.11 Å². The number of rotatable bonds is 2. The molecule has 0 aliphatic heterocycles. The molecule has 3 nitrogen and oxygen atoms in total. The van der Waals surface area contributed by atoms with Crippen LogP contribution >= 0.6 is 0 Å². The molecule has 1 aromatic heterocycles. The average Bonchev–Trinajstić information content (AvgIpc) is 2.56. The molecule has 12 heavy (non-hydrogen) atoms. The molecule has 3 heteroatoms. The van der Waals surface area contributed by atoms with E-state index in [1.165, 1.54) is 13.2 Å². The van der Waals surface area contributed by atoms with Crippen LogP contribution in [0.1, 0.15) is 12.7 Å². The fourth-order valence-electron chi connectivity index (χ4n) is 0.810. The number of hydrogen-bond acceptors (Lipinski definition) is 3. The first-order valence-electron chi connectivity index (χ1n) is 3.54. The summed E-state index contributed by atoms with van der Waals surface area (Å²) >= 11 is 0. The average molecular weight is 166 g/mol. The van der Waals surface area contributed by atoms with E-state index in [4.69, 9.17) is 4.42 Å². The lowest BCUT2D eigenvalue weighted by molar-refractivity contribution is -0.134. The van der Waals surface area contributed by atoms with Gasteiger partial charge in [0.05, 0.1) is 13.4 Å². The van der Waals surface area contributed by atoms with Crippen LogP contribution < -0.4 is 0 Å². The monoisotopic (exact) mass is 166 g/mol. The van der Waals surface area contributed by atoms with Gasteiger partial charge in [-0.25, -0.2) is 4.79 Å². The van der Waals surface area contributed by atoms with Crippen LogP contribution in [0.4, 0.5) is 0 Å². The molecule has 0 N–H and O–H groups in total. The van der Waals surface area contributed by atoms with Gasteiger partial charge in [0.2, 0.25) is 0 Å². The van der Waals surface area contributed by atoms with Crippen LogP contribution in [0, 0.1) is 0 Å². The van der Waals surface area contributed by atoms with Crippen molar-refractivity contribution in [1.29, 1.82) is 0 Å². The van der Waals surface area contributed by atoms with Crippen molar-refractivity contribution in [3.8, 4) is 0 Å². The van der Waals surface area contributed by atoms with E-state index in [1.807, 2.05) is 0 Å². The van der Waals surface area contributed by atoms with Crippen molar-refractivity contribution >= 4 is 11.5 Å². The van der Waals surface area contributed by atoms with Crippen molar-refractivity contribution < 1.29 is 13.9 Å². The number of carbonyl (C=O) groups is 1. The van der Waals surface area contributed by atoms with E-state index >= 15 is 0 Å². The van der Waals surface area contributed by atoms with Crippen LogP contribution in [0.5, 0.6) is 0 Å². The molecule has 0 aliphatic rings. The van der Waals surface area contributed by atoms with Crippen molar-refractivity contribution in [3.05, 3.63) is 30.2 Å². The summed E-state index contributed by atoms with van der Waals surface area (Å²) < 4.78 is 9.53. The highest BCUT2D eigenvalue weighted by atomic mass is 16.5. The molecule has 0 spiro atoms. The van der Waals surface area contributed by atoms with Gasteiger partial charge in [0, 0.05) is 6.08 Å². The molecule has 1 aromatic rings. The molecule has 64 valence electrons. The number of carbonyl (C=O) groups excluding carboxylic acids is 1. The number of allylic oxidation sites excluding steroid dienone is 1. The van der Waals surface area contributed by atoms with E-state index in [-0.39, 0.29) is 5.97 Å². The first kappa shape index (κ1) is 8.59. The second-order valence-electron chi connectivity index (χ2n) is 2.33. The maximum absolute atomic E-state index is 10.8. The van der Waals surface area contributed by atoms with Crippen LogP contribution in [0.2, 0.25) is 0 Å². The molecule has 0 bridgehead atoms. The summed E-state index contributed by atoms with van der Waals surface area (Å²) in [6.45, 7) is 1.79. The Morgan fingerprint density at radius 3 is 2.92 bits per heavy atom. The molecule has 0 saturated heterocycles. The van der Waals surface area contributed by atoms with Crippen LogP contribution in [0.25, 0.3) is 5.57 Å². The summed E-state index contributed by atoms with van der Waals surface area (Å²) in [5, 5.41) is 0. The van der Waals surface area contributed by atoms with Gasteiger partial charge in [-0.2, -0.15) is 0 Å². The maximum Gasteiger partial charge on any atom is 0.330 e. The Balaban J connectivity index is 2.77. The van der Waals surface area contributed by atoms with E-state index in [0.717, 1.165) is 5.57 Å². The fraction of sp³-hybridized carbons (Fsp3) is 0.222. The van der Waals surface area contributed by atoms with E-state index in [0.29, 0.717) is 5.76 Å². The zero-order valence-electron chi connectivity index (χ0n) is 7.03. The highest BCUT2D eigenvalue weighted by Crippen LogP contribution is 2.13. The molecule has 0 aliphatic carbocycles. The minimum absolute atomic E-state index is 0.371. The highest BCUT2D eigenvalue weighted by Gasteiger charge is 2.01. The molecule has 0 fully saturated rings. The lowest BCUT2D eigenvalue weighted by atomic mass is 10.2. The van der Waals surface area contributed by atoms with Gasteiger partial charge in [0.1, 0.15) is 5.76 Å². The van der Waals surface area contributed by atoms with Crippen molar-refractivity contribution in [2.24, 2.45) is 0 Å². The van der Waals surface area contributed by atoms with Crippen molar-refractivity contribution in [3.63, 3.8) is 0 Å². The Morgan fingerprint density at radius 1 is 1.67 bits per heavy atom. The summed E-state index contributed by atoms with van der Waals surface area (Å²) in [5.41, 5.74) is 0.756. The molecular weight excluding hydrogens is 156 g/mol. The maximum atomic E-state index is 10.8. The molecule has 0 amide bonds. The van der Waals surface area contributed by atoms with E-state index in [9.17, 15) is 4.79 Å². The predicted molar refractivity (Wildman–Crippen MR) is 44.4 cm³/mol. The number of esters is 1. The predicted octanol–water partition coefficient (Wildman–Crippen LogP) is 1.86. The van der Waals surface area contributed by atoms with Crippen LogP contribution in [0.3, 0.4) is 0 Å². The third-order valence-electron chi connectivity index (χ3n) is 1.45. The molecule has 0 aromatic carbocycles. The van der Waals surface area contributed by atoms with Crippen LogP contribution in [0.15, 0.2) is 28.9 Å². The van der Waals surface area contributed by atoms with Gasteiger partial charge in [-0.15, -0.1) is 0 Å². The van der Waals surface area contributed by atoms with Gasteiger partial charge in [0.25, 0.3) is 0 Å². The second-order valence-corrected chi connectivity index (χ2v) is 2.33. The minimum atomic E-state index is -0.371. The fourth-order valence-corrected chi connectivity index (χ4v) is 0.810.